The number of aromatic nitrogens is 1. The molecule has 1 aromatic heterocycles. The maximum absolute atomic E-state index is 13.4. The predicted molar refractivity (Wildman–Crippen MR) is 59.3 cm³/mol. The van der Waals surface area contributed by atoms with Crippen molar-refractivity contribution in [3.63, 3.8) is 0 Å². The number of rotatable bonds is 3. The number of ether oxygens (including phenoxy) is 1. The molecule has 1 heterocycles. The molecule has 94 valence electrons. The monoisotopic (exact) mass is 254 g/mol. The summed E-state index contributed by atoms with van der Waals surface area (Å²) in [5.74, 6) is -2.37. The highest BCUT2D eigenvalue weighted by atomic mass is 19.1. The molecule has 3 nitrogen and oxygen atoms in total. The maximum Gasteiger partial charge on any atom is 0.167 e. The zero-order valence-corrected chi connectivity index (χ0v) is 9.16. The Morgan fingerprint density at radius 3 is 2.56 bits per heavy atom. The van der Waals surface area contributed by atoms with Crippen molar-refractivity contribution in [1.29, 1.82) is 0 Å². The summed E-state index contributed by atoms with van der Waals surface area (Å²) in [5.41, 5.74) is 5.30. The number of benzene rings is 1. The van der Waals surface area contributed by atoms with E-state index >= 15 is 0 Å². The third-order valence-corrected chi connectivity index (χ3v) is 2.21. The third kappa shape index (κ3) is 2.71. The lowest BCUT2D eigenvalue weighted by Crippen LogP contribution is -2.01. The molecule has 0 aliphatic heterocycles. The van der Waals surface area contributed by atoms with E-state index in [9.17, 15) is 13.2 Å². The number of hydrogen-bond acceptors (Lipinski definition) is 3. The fourth-order valence-corrected chi connectivity index (χ4v) is 1.35. The fraction of sp³-hybridized carbons (Fsp3) is 0.0833. The summed E-state index contributed by atoms with van der Waals surface area (Å²) in [6.45, 7) is -0.120. The molecule has 0 spiro atoms. The van der Waals surface area contributed by atoms with E-state index in [-0.39, 0.29) is 18.0 Å². The van der Waals surface area contributed by atoms with Crippen LogP contribution in [0, 0.1) is 17.5 Å². The number of nitrogen functional groups attached to an aromatic ring is 1. The topological polar surface area (TPSA) is 48.1 Å². The van der Waals surface area contributed by atoms with E-state index in [1.165, 1.54) is 12.3 Å². The molecule has 1 aromatic carbocycles. The Morgan fingerprint density at radius 1 is 1.06 bits per heavy atom. The molecular weight excluding hydrogens is 245 g/mol. The second-order valence-electron chi connectivity index (χ2n) is 3.60. The maximum atomic E-state index is 13.4. The smallest absolute Gasteiger partial charge is 0.167 e. The lowest BCUT2D eigenvalue weighted by Gasteiger charge is -2.08. The summed E-state index contributed by atoms with van der Waals surface area (Å²) in [6, 6.07) is 2.87. The molecule has 2 rings (SSSR count). The minimum absolute atomic E-state index is 0.120. The van der Waals surface area contributed by atoms with Crippen LogP contribution in [0.1, 0.15) is 5.56 Å². The predicted octanol–water partition coefficient (Wildman–Crippen LogP) is 2.66. The molecule has 0 unspecified atom stereocenters. The minimum atomic E-state index is -0.779. The van der Waals surface area contributed by atoms with Crippen LogP contribution in [0.2, 0.25) is 0 Å². The number of nitrogens with zero attached hydrogens (tertiary/aromatic N) is 1. The molecule has 2 aromatic rings. The van der Waals surface area contributed by atoms with Gasteiger partial charge >= 0.3 is 0 Å². The van der Waals surface area contributed by atoms with Crippen LogP contribution in [0.25, 0.3) is 0 Å². The Hall–Kier alpha value is -2.24. The van der Waals surface area contributed by atoms with Gasteiger partial charge in [0.15, 0.2) is 11.6 Å². The van der Waals surface area contributed by atoms with E-state index in [0.29, 0.717) is 5.56 Å². The third-order valence-electron chi connectivity index (χ3n) is 2.21. The highest BCUT2D eigenvalue weighted by Gasteiger charge is 2.09. The molecule has 0 atom stereocenters. The lowest BCUT2D eigenvalue weighted by atomic mass is 10.2. The summed E-state index contributed by atoms with van der Waals surface area (Å²) in [7, 11) is 0. The largest absolute Gasteiger partial charge is 0.486 e. The van der Waals surface area contributed by atoms with E-state index in [0.717, 1.165) is 18.3 Å². The second kappa shape index (κ2) is 4.95. The molecule has 0 amide bonds. The molecule has 0 saturated carbocycles. The van der Waals surface area contributed by atoms with Crippen molar-refractivity contribution in [1.82, 2.24) is 4.98 Å². The van der Waals surface area contributed by atoms with Crippen molar-refractivity contribution in [3.8, 4) is 5.75 Å². The molecule has 0 bridgehead atoms. The zero-order valence-electron chi connectivity index (χ0n) is 9.16. The van der Waals surface area contributed by atoms with Crippen molar-refractivity contribution in [2.75, 3.05) is 5.73 Å². The first kappa shape index (κ1) is 12.2. The molecule has 0 aliphatic carbocycles. The van der Waals surface area contributed by atoms with Crippen LogP contribution in [0.15, 0.2) is 30.6 Å². The summed E-state index contributed by atoms with van der Waals surface area (Å²) >= 11 is 0. The van der Waals surface area contributed by atoms with Gasteiger partial charge in [-0.25, -0.2) is 13.2 Å². The highest BCUT2D eigenvalue weighted by Crippen LogP contribution is 2.23. The van der Waals surface area contributed by atoms with Gasteiger partial charge in [0.1, 0.15) is 18.2 Å². The molecule has 0 radical (unpaired) electrons. The van der Waals surface area contributed by atoms with Crippen LogP contribution in [0.3, 0.4) is 0 Å². The van der Waals surface area contributed by atoms with Gasteiger partial charge in [-0.2, -0.15) is 0 Å². The van der Waals surface area contributed by atoms with E-state index in [1.807, 2.05) is 0 Å². The van der Waals surface area contributed by atoms with E-state index < -0.39 is 17.5 Å². The van der Waals surface area contributed by atoms with Crippen molar-refractivity contribution in [3.05, 3.63) is 53.6 Å². The Morgan fingerprint density at radius 2 is 1.83 bits per heavy atom. The molecule has 2 N–H and O–H groups in total. The van der Waals surface area contributed by atoms with Crippen LogP contribution in [-0.2, 0) is 6.61 Å². The standard InChI is InChI=1S/C12H9F3N2O/c13-8-1-7(4-17-5-8)6-18-12-3-9(14)11(16)2-10(12)15/h1-5H,6,16H2. The molecule has 18 heavy (non-hydrogen) atoms. The molecule has 0 aliphatic rings. The van der Waals surface area contributed by atoms with Crippen LogP contribution in [0.4, 0.5) is 18.9 Å². The highest BCUT2D eigenvalue weighted by molar-refractivity contribution is 5.44. The van der Waals surface area contributed by atoms with Crippen LogP contribution in [-0.4, -0.2) is 4.98 Å². The second-order valence-corrected chi connectivity index (χ2v) is 3.60. The molecule has 0 saturated heterocycles. The van der Waals surface area contributed by atoms with Gasteiger partial charge in [-0.15, -0.1) is 0 Å². The van der Waals surface area contributed by atoms with Crippen LogP contribution < -0.4 is 10.5 Å². The summed E-state index contributed by atoms with van der Waals surface area (Å²) in [4.78, 5) is 3.61. The number of nitrogens with two attached hydrogens (primary N) is 1. The number of anilines is 1. The van der Waals surface area contributed by atoms with Crippen molar-refractivity contribution in [2.45, 2.75) is 6.61 Å². The Balaban J connectivity index is 2.13. The Kier molecular flexibility index (Phi) is 3.36. The SMILES string of the molecule is Nc1cc(F)c(OCc2cncc(F)c2)cc1F. The first-order valence-electron chi connectivity index (χ1n) is 5.03. The van der Waals surface area contributed by atoms with Crippen molar-refractivity contribution in [2.24, 2.45) is 0 Å². The zero-order chi connectivity index (χ0) is 13.1. The van der Waals surface area contributed by atoms with Gasteiger partial charge in [-0.3, -0.25) is 4.98 Å². The van der Waals surface area contributed by atoms with Crippen molar-refractivity contribution < 1.29 is 17.9 Å². The average molecular weight is 254 g/mol. The van der Waals surface area contributed by atoms with Crippen molar-refractivity contribution >= 4 is 5.69 Å². The van der Waals surface area contributed by atoms with Gasteiger partial charge < -0.3 is 10.5 Å². The molecule has 0 fully saturated rings. The summed E-state index contributed by atoms with van der Waals surface area (Å²) in [5, 5.41) is 0. The van der Waals surface area contributed by atoms with E-state index in [1.54, 1.807) is 0 Å². The van der Waals surface area contributed by atoms with Gasteiger partial charge in [0.25, 0.3) is 0 Å². The lowest BCUT2D eigenvalue weighted by molar-refractivity contribution is 0.287. The summed E-state index contributed by atoms with van der Waals surface area (Å²) < 4.78 is 44.3. The van der Waals surface area contributed by atoms with E-state index in [2.05, 4.69) is 4.98 Å². The number of hydrogen-bond donors (Lipinski definition) is 1. The Bertz CT molecular complexity index is 575. The van der Waals surface area contributed by atoms with Crippen LogP contribution >= 0.6 is 0 Å². The summed E-state index contributed by atoms with van der Waals surface area (Å²) in [6.07, 6.45) is 2.40. The van der Waals surface area contributed by atoms with Gasteiger partial charge in [-0.05, 0) is 6.07 Å². The Labute approximate surface area is 101 Å². The van der Waals surface area contributed by atoms with Crippen LogP contribution in [0.5, 0.6) is 5.75 Å². The average Bonchev–Trinajstić information content (AvgIpc) is 2.32. The first-order valence-corrected chi connectivity index (χ1v) is 5.03. The van der Waals surface area contributed by atoms with Gasteiger partial charge in [0.05, 0.1) is 11.9 Å². The quantitative estimate of drug-likeness (QED) is 0.856. The first-order chi connectivity index (χ1) is 8.56. The minimum Gasteiger partial charge on any atom is -0.486 e. The van der Waals surface area contributed by atoms with Gasteiger partial charge in [-0.1, -0.05) is 0 Å². The number of halogens is 3. The number of pyridine rings is 1. The van der Waals surface area contributed by atoms with Gasteiger partial charge in [0, 0.05) is 23.9 Å². The normalized spacial score (nSPS) is 10.4. The molecule has 6 heteroatoms. The van der Waals surface area contributed by atoms with E-state index in [4.69, 9.17) is 10.5 Å². The fourth-order valence-electron chi connectivity index (χ4n) is 1.35. The molecular formula is C12H9F3N2O. The van der Waals surface area contributed by atoms with Gasteiger partial charge in [0.2, 0.25) is 0 Å².